The van der Waals surface area contributed by atoms with Gasteiger partial charge in [-0.2, -0.15) is 0 Å². The highest BCUT2D eigenvalue weighted by atomic mass is 32.2. The number of ketones is 1. The highest BCUT2D eigenvalue weighted by Gasteiger charge is 2.43. The van der Waals surface area contributed by atoms with E-state index in [0.717, 1.165) is 12.3 Å². The molecule has 2 aromatic rings. The van der Waals surface area contributed by atoms with Gasteiger partial charge in [0.25, 0.3) is 0 Å². The van der Waals surface area contributed by atoms with Gasteiger partial charge < -0.3 is 14.9 Å². The van der Waals surface area contributed by atoms with Crippen molar-refractivity contribution in [3.05, 3.63) is 53.6 Å². The fourth-order valence-corrected chi connectivity index (χ4v) is 3.42. The topological polar surface area (TPSA) is 101 Å². The molecule has 0 bridgehead atoms. The first-order valence-corrected chi connectivity index (χ1v) is 9.71. The third-order valence-electron chi connectivity index (χ3n) is 4.15. The van der Waals surface area contributed by atoms with Gasteiger partial charge in [0.1, 0.15) is 17.3 Å². The molecule has 0 spiro atoms. The molecule has 0 unspecified atom stereocenters. The number of Topliss-reactive ketones (excluding diaryl/α,β-unsaturated/α-hetero) is 1. The van der Waals surface area contributed by atoms with E-state index in [-0.39, 0.29) is 39.1 Å². The van der Waals surface area contributed by atoms with Crippen LogP contribution >= 0.6 is 0 Å². The van der Waals surface area contributed by atoms with E-state index in [4.69, 9.17) is 4.74 Å². The van der Waals surface area contributed by atoms with Crippen molar-refractivity contribution in [2.45, 2.75) is 24.3 Å². The first-order valence-electron chi connectivity index (χ1n) is 7.81. The molecule has 0 saturated heterocycles. The number of carbonyl (C=O) groups excluding carboxylic acids is 1. The zero-order chi connectivity index (χ0) is 19.3. The zero-order valence-corrected chi connectivity index (χ0v) is 15.3. The quantitative estimate of drug-likeness (QED) is 0.857. The van der Waals surface area contributed by atoms with Crippen LogP contribution in [0.2, 0.25) is 0 Å². The van der Waals surface area contributed by atoms with E-state index in [1.165, 1.54) is 24.3 Å². The molecule has 1 heterocycles. The summed E-state index contributed by atoms with van der Waals surface area (Å²) >= 11 is 0. The first kappa shape index (κ1) is 18.0. The lowest BCUT2D eigenvalue weighted by Gasteiger charge is -2.18. The molecular formula is C19H18O6S. The molecule has 0 fully saturated rings. The van der Waals surface area contributed by atoms with Gasteiger partial charge in [0.05, 0.1) is 10.5 Å². The average molecular weight is 374 g/mol. The van der Waals surface area contributed by atoms with E-state index in [2.05, 4.69) is 0 Å². The number of sulfone groups is 1. The normalized spacial score (nSPS) is 16.7. The van der Waals surface area contributed by atoms with Gasteiger partial charge in [-0.15, -0.1) is 0 Å². The molecule has 0 amide bonds. The van der Waals surface area contributed by atoms with Crippen LogP contribution < -0.4 is 0 Å². The Balaban J connectivity index is 2.20. The van der Waals surface area contributed by atoms with Crippen LogP contribution in [0.5, 0.6) is 11.5 Å². The Morgan fingerprint density at radius 3 is 2.15 bits per heavy atom. The number of ether oxygens (including phenoxy) is 1. The average Bonchev–Trinajstić information content (AvgIpc) is 2.78. The number of rotatable bonds is 3. The van der Waals surface area contributed by atoms with Crippen LogP contribution in [-0.4, -0.2) is 36.3 Å². The van der Waals surface area contributed by atoms with Crippen molar-refractivity contribution < 1.29 is 28.2 Å². The van der Waals surface area contributed by atoms with Crippen LogP contribution in [-0.2, 0) is 19.4 Å². The minimum atomic E-state index is -3.35. The summed E-state index contributed by atoms with van der Waals surface area (Å²) in [5.74, 6) is -0.446. The van der Waals surface area contributed by atoms with E-state index >= 15 is 0 Å². The van der Waals surface area contributed by atoms with E-state index in [1.807, 2.05) is 0 Å². The van der Waals surface area contributed by atoms with Crippen molar-refractivity contribution in [2.24, 2.45) is 0 Å². The largest absolute Gasteiger partial charge is 0.508 e. The Bertz CT molecular complexity index is 1030. The Kier molecular flexibility index (Phi) is 4.07. The molecule has 3 rings (SSSR count). The minimum Gasteiger partial charge on any atom is -0.508 e. The summed E-state index contributed by atoms with van der Waals surface area (Å²) in [6.07, 6.45) is 1.11. The standard InChI is InChI=1S/C19H18O6S/c1-19(2)18(22)16(14-9-6-12(20)10-15(14)21)17(25-19)11-4-7-13(8-5-11)26(3,23)24/h4-10,20-21H,1-3H3. The summed E-state index contributed by atoms with van der Waals surface area (Å²) in [5, 5.41) is 19.7. The molecule has 0 atom stereocenters. The molecule has 6 nitrogen and oxygen atoms in total. The van der Waals surface area contributed by atoms with Gasteiger partial charge >= 0.3 is 0 Å². The highest BCUT2D eigenvalue weighted by molar-refractivity contribution is 7.90. The number of benzene rings is 2. The third kappa shape index (κ3) is 3.06. The fourth-order valence-electron chi connectivity index (χ4n) is 2.79. The Labute approximate surface area is 151 Å². The Morgan fingerprint density at radius 2 is 1.62 bits per heavy atom. The molecular weight excluding hydrogens is 356 g/mol. The van der Waals surface area contributed by atoms with Crippen molar-refractivity contribution in [1.82, 2.24) is 0 Å². The highest BCUT2D eigenvalue weighted by Crippen LogP contribution is 2.44. The molecule has 2 N–H and O–H groups in total. The molecule has 0 radical (unpaired) electrons. The Hall–Kier alpha value is -2.80. The summed E-state index contributed by atoms with van der Waals surface area (Å²) in [4.78, 5) is 13.0. The zero-order valence-electron chi connectivity index (χ0n) is 14.5. The lowest BCUT2D eigenvalue weighted by Crippen LogP contribution is -2.29. The summed E-state index contributed by atoms with van der Waals surface area (Å²) < 4.78 is 29.1. The van der Waals surface area contributed by atoms with Gasteiger partial charge in [-0.25, -0.2) is 8.42 Å². The molecule has 7 heteroatoms. The molecule has 0 aromatic heterocycles. The van der Waals surface area contributed by atoms with Crippen LogP contribution in [0.3, 0.4) is 0 Å². The monoisotopic (exact) mass is 374 g/mol. The van der Waals surface area contributed by atoms with Crippen LogP contribution in [0.15, 0.2) is 47.4 Å². The van der Waals surface area contributed by atoms with Gasteiger partial charge in [0.2, 0.25) is 5.78 Å². The molecule has 1 aliphatic rings. The molecule has 0 saturated carbocycles. The smallest absolute Gasteiger partial charge is 0.210 e. The number of hydrogen-bond acceptors (Lipinski definition) is 6. The van der Waals surface area contributed by atoms with Crippen molar-refractivity contribution in [2.75, 3.05) is 6.26 Å². The van der Waals surface area contributed by atoms with Crippen LogP contribution in [0, 0.1) is 0 Å². The van der Waals surface area contributed by atoms with Gasteiger partial charge in [0.15, 0.2) is 15.4 Å². The number of aromatic hydroxyl groups is 2. The number of phenols is 2. The second-order valence-corrected chi connectivity index (χ2v) is 8.66. The van der Waals surface area contributed by atoms with E-state index in [0.29, 0.717) is 5.56 Å². The van der Waals surface area contributed by atoms with Crippen LogP contribution in [0.4, 0.5) is 0 Å². The maximum Gasteiger partial charge on any atom is 0.210 e. The minimum absolute atomic E-state index is 0.128. The van der Waals surface area contributed by atoms with Gasteiger partial charge in [0, 0.05) is 23.4 Å². The maximum absolute atomic E-state index is 12.8. The lowest BCUT2D eigenvalue weighted by molar-refractivity contribution is -0.125. The number of phenolic OH excluding ortho intramolecular Hbond substituents is 2. The van der Waals surface area contributed by atoms with Gasteiger partial charge in [-0.05, 0) is 50.2 Å². The maximum atomic E-state index is 12.8. The van der Waals surface area contributed by atoms with Crippen molar-refractivity contribution >= 4 is 27.0 Å². The second kappa shape index (κ2) is 5.88. The molecule has 26 heavy (non-hydrogen) atoms. The number of hydrogen-bond donors (Lipinski definition) is 2. The third-order valence-corrected chi connectivity index (χ3v) is 5.28. The predicted molar refractivity (Wildman–Crippen MR) is 96.3 cm³/mol. The van der Waals surface area contributed by atoms with Gasteiger partial charge in [-0.3, -0.25) is 4.79 Å². The van der Waals surface area contributed by atoms with Crippen molar-refractivity contribution in [3.8, 4) is 11.5 Å². The van der Waals surface area contributed by atoms with Gasteiger partial charge in [-0.1, -0.05) is 0 Å². The summed E-state index contributed by atoms with van der Waals surface area (Å²) in [6, 6.07) is 9.93. The van der Waals surface area contributed by atoms with E-state index in [9.17, 15) is 23.4 Å². The molecule has 1 aliphatic heterocycles. The van der Waals surface area contributed by atoms with Crippen LogP contribution in [0.25, 0.3) is 11.3 Å². The van der Waals surface area contributed by atoms with Crippen LogP contribution in [0.1, 0.15) is 25.0 Å². The Morgan fingerprint density at radius 1 is 1.00 bits per heavy atom. The fraction of sp³-hybridized carbons (Fsp3) is 0.211. The molecule has 2 aromatic carbocycles. The number of carbonyl (C=O) groups is 1. The first-order chi connectivity index (χ1) is 12.0. The van der Waals surface area contributed by atoms with E-state index < -0.39 is 15.4 Å². The van der Waals surface area contributed by atoms with Crippen molar-refractivity contribution in [1.29, 1.82) is 0 Å². The molecule has 136 valence electrons. The lowest BCUT2D eigenvalue weighted by atomic mass is 9.92. The summed E-state index contributed by atoms with van der Waals surface area (Å²) in [7, 11) is -3.35. The van der Waals surface area contributed by atoms with Crippen molar-refractivity contribution in [3.63, 3.8) is 0 Å². The second-order valence-electron chi connectivity index (χ2n) is 6.64. The predicted octanol–water partition coefficient (Wildman–Crippen LogP) is 2.75. The SMILES string of the molecule is CC1(C)OC(c2ccc(S(C)(=O)=O)cc2)=C(c2ccc(O)cc2O)C1=O. The summed E-state index contributed by atoms with van der Waals surface area (Å²) in [5.41, 5.74) is -0.205. The summed E-state index contributed by atoms with van der Waals surface area (Å²) in [6.45, 7) is 3.23. The van der Waals surface area contributed by atoms with E-state index in [1.54, 1.807) is 26.0 Å². The molecule has 0 aliphatic carbocycles.